The van der Waals surface area contributed by atoms with Gasteiger partial charge in [0.15, 0.2) is 0 Å². The average Bonchev–Trinajstić information content (AvgIpc) is 2.96. The molecule has 1 aromatic heterocycles. The van der Waals surface area contributed by atoms with Gasteiger partial charge in [-0.15, -0.1) is 0 Å². The number of carbonyl (C=O) groups is 1. The van der Waals surface area contributed by atoms with Crippen LogP contribution in [0, 0.1) is 5.92 Å². The Morgan fingerprint density at radius 3 is 2.76 bits per heavy atom. The van der Waals surface area contributed by atoms with E-state index in [0.717, 1.165) is 19.4 Å². The molecule has 1 aliphatic carbocycles. The lowest BCUT2D eigenvalue weighted by Gasteiger charge is -2.30. The lowest BCUT2D eigenvalue weighted by molar-refractivity contribution is 0.0655. The number of aromatic nitrogens is 2. The normalized spacial score (nSPS) is 16.6. The van der Waals surface area contributed by atoms with E-state index in [0.29, 0.717) is 17.5 Å². The fraction of sp³-hybridized carbons (Fsp3) is 0.692. The molecule has 0 bridgehead atoms. The molecule has 4 heteroatoms. The lowest BCUT2D eigenvalue weighted by Crippen LogP contribution is -2.41. The fourth-order valence-electron chi connectivity index (χ4n) is 2.54. The number of nitrogens with one attached hydrogen (secondary N) is 1. The molecule has 2 rings (SSSR count). The molecule has 1 amide bonds. The van der Waals surface area contributed by atoms with Gasteiger partial charge in [-0.3, -0.25) is 9.89 Å². The van der Waals surface area contributed by atoms with Crippen LogP contribution in [0.25, 0.3) is 0 Å². The molecule has 0 aromatic carbocycles. The molecule has 1 N–H and O–H groups in total. The van der Waals surface area contributed by atoms with E-state index in [1.165, 1.54) is 12.8 Å². The monoisotopic (exact) mass is 235 g/mol. The minimum atomic E-state index is 0.124. The average molecular weight is 235 g/mol. The highest BCUT2D eigenvalue weighted by Crippen LogP contribution is 2.25. The third-order valence-electron chi connectivity index (χ3n) is 3.33. The predicted octanol–water partition coefficient (Wildman–Crippen LogP) is 2.45. The molecule has 1 heterocycles. The highest BCUT2D eigenvalue weighted by Gasteiger charge is 2.28. The van der Waals surface area contributed by atoms with Crippen molar-refractivity contribution in [2.75, 3.05) is 6.54 Å². The van der Waals surface area contributed by atoms with Crippen molar-refractivity contribution in [1.82, 2.24) is 15.1 Å². The van der Waals surface area contributed by atoms with Gasteiger partial charge < -0.3 is 4.90 Å². The van der Waals surface area contributed by atoms with Crippen molar-refractivity contribution in [2.45, 2.75) is 45.6 Å². The smallest absolute Gasteiger partial charge is 0.257 e. The van der Waals surface area contributed by atoms with Crippen LogP contribution in [0.2, 0.25) is 0 Å². The molecule has 1 fully saturated rings. The Morgan fingerprint density at radius 1 is 1.53 bits per heavy atom. The predicted molar refractivity (Wildman–Crippen MR) is 66.7 cm³/mol. The Hall–Kier alpha value is -1.32. The van der Waals surface area contributed by atoms with Crippen molar-refractivity contribution in [2.24, 2.45) is 5.92 Å². The molecular weight excluding hydrogens is 214 g/mol. The second kappa shape index (κ2) is 5.34. The van der Waals surface area contributed by atoms with Gasteiger partial charge in [0.25, 0.3) is 5.91 Å². The van der Waals surface area contributed by atoms with Crippen LogP contribution in [0.5, 0.6) is 0 Å². The maximum atomic E-state index is 12.4. The van der Waals surface area contributed by atoms with Crippen LogP contribution in [0.1, 0.15) is 49.9 Å². The number of hydrogen-bond donors (Lipinski definition) is 1. The van der Waals surface area contributed by atoms with E-state index in [-0.39, 0.29) is 5.91 Å². The fourth-order valence-corrected chi connectivity index (χ4v) is 2.54. The van der Waals surface area contributed by atoms with Gasteiger partial charge in [-0.25, -0.2) is 0 Å². The van der Waals surface area contributed by atoms with Crippen LogP contribution in [0.4, 0.5) is 0 Å². The van der Waals surface area contributed by atoms with Crippen molar-refractivity contribution < 1.29 is 4.79 Å². The highest BCUT2D eigenvalue weighted by molar-refractivity contribution is 5.93. The van der Waals surface area contributed by atoms with E-state index in [4.69, 9.17) is 0 Å². The van der Waals surface area contributed by atoms with Gasteiger partial charge in [0.05, 0.1) is 11.8 Å². The van der Waals surface area contributed by atoms with Crippen molar-refractivity contribution in [1.29, 1.82) is 0 Å². The number of carbonyl (C=O) groups excluding carboxylic acids is 1. The number of amides is 1. The van der Waals surface area contributed by atoms with Crippen LogP contribution < -0.4 is 0 Å². The summed E-state index contributed by atoms with van der Waals surface area (Å²) in [7, 11) is 0. The van der Waals surface area contributed by atoms with Crippen LogP contribution in [0.3, 0.4) is 0 Å². The van der Waals surface area contributed by atoms with Gasteiger partial charge in [-0.05, 0) is 18.8 Å². The molecule has 1 saturated carbocycles. The summed E-state index contributed by atoms with van der Waals surface area (Å²) in [5.74, 6) is 0.630. The van der Waals surface area contributed by atoms with E-state index < -0.39 is 0 Å². The molecule has 1 aliphatic rings. The first kappa shape index (κ1) is 12.1. The second-order valence-electron chi connectivity index (χ2n) is 5.28. The molecule has 94 valence electrons. The summed E-state index contributed by atoms with van der Waals surface area (Å²) >= 11 is 0. The van der Waals surface area contributed by atoms with Crippen molar-refractivity contribution >= 4 is 5.91 Å². The minimum absolute atomic E-state index is 0.124. The van der Waals surface area contributed by atoms with Crippen LogP contribution in [-0.4, -0.2) is 33.6 Å². The van der Waals surface area contributed by atoms with E-state index >= 15 is 0 Å². The van der Waals surface area contributed by atoms with Crippen LogP contribution >= 0.6 is 0 Å². The summed E-state index contributed by atoms with van der Waals surface area (Å²) < 4.78 is 0. The number of nitrogens with zero attached hydrogens (tertiary/aromatic N) is 2. The van der Waals surface area contributed by atoms with Gasteiger partial charge in [-0.2, -0.15) is 5.10 Å². The summed E-state index contributed by atoms with van der Waals surface area (Å²) in [6, 6.07) is 0.430. The zero-order valence-corrected chi connectivity index (χ0v) is 10.6. The SMILES string of the molecule is CC(C)CN(C(=O)c1cn[nH]c1)C1CCCC1. The molecule has 4 nitrogen and oxygen atoms in total. The second-order valence-corrected chi connectivity index (χ2v) is 5.28. The van der Waals surface area contributed by atoms with E-state index in [1.54, 1.807) is 12.4 Å². The summed E-state index contributed by atoms with van der Waals surface area (Å²) in [5, 5.41) is 6.57. The van der Waals surface area contributed by atoms with Gasteiger partial charge in [0, 0.05) is 18.8 Å². The Kier molecular flexibility index (Phi) is 3.82. The van der Waals surface area contributed by atoms with Gasteiger partial charge in [-0.1, -0.05) is 26.7 Å². The third kappa shape index (κ3) is 2.87. The largest absolute Gasteiger partial charge is 0.335 e. The summed E-state index contributed by atoms with van der Waals surface area (Å²) in [6.07, 6.45) is 8.09. The van der Waals surface area contributed by atoms with Crippen molar-refractivity contribution in [3.63, 3.8) is 0 Å². The molecule has 0 unspecified atom stereocenters. The number of aromatic amines is 1. The Morgan fingerprint density at radius 2 is 2.24 bits per heavy atom. The Bertz CT molecular complexity index is 353. The Balaban J connectivity index is 2.11. The standard InChI is InChI=1S/C13H21N3O/c1-10(2)9-16(12-5-3-4-6-12)13(17)11-7-14-15-8-11/h7-8,10,12H,3-6,9H2,1-2H3,(H,14,15). The number of hydrogen-bond acceptors (Lipinski definition) is 2. The van der Waals surface area contributed by atoms with Crippen LogP contribution in [0.15, 0.2) is 12.4 Å². The highest BCUT2D eigenvalue weighted by atomic mass is 16.2. The summed E-state index contributed by atoms with van der Waals surface area (Å²) in [4.78, 5) is 14.4. The lowest BCUT2D eigenvalue weighted by atomic mass is 10.1. The van der Waals surface area contributed by atoms with Gasteiger partial charge >= 0.3 is 0 Å². The minimum Gasteiger partial charge on any atom is -0.335 e. The first-order chi connectivity index (χ1) is 8.18. The van der Waals surface area contributed by atoms with E-state index in [9.17, 15) is 4.79 Å². The van der Waals surface area contributed by atoms with Crippen molar-refractivity contribution in [3.8, 4) is 0 Å². The molecule has 0 atom stereocenters. The van der Waals surface area contributed by atoms with Crippen LogP contribution in [-0.2, 0) is 0 Å². The molecule has 17 heavy (non-hydrogen) atoms. The molecule has 0 radical (unpaired) electrons. The maximum absolute atomic E-state index is 12.4. The molecule has 1 aromatic rings. The maximum Gasteiger partial charge on any atom is 0.257 e. The van der Waals surface area contributed by atoms with Crippen molar-refractivity contribution in [3.05, 3.63) is 18.0 Å². The first-order valence-electron chi connectivity index (χ1n) is 6.48. The topological polar surface area (TPSA) is 49.0 Å². The first-order valence-corrected chi connectivity index (χ1v) is 6.48. The summed E-state index contributed by atoms with van der Waals surface area (Å²) in [6.45, 7) is 5.16. The Labute approximate surface area is 102 Å². The molecular formula is C13H21N3O. The van der Waals surface area contributed by atoms with E-state index in [2.05, 4.69) is 24.0 Å². The number of H-pyrrole nitrogens is 1. The molecule has 0 spiro atoms. The number of rotatable bonds is 4. The summed E-state index contributed by atoms with van der Waals surface area (Å²) in [5.41, 5.74) is 0.678. The van der Waals surface area contributed by atoms with E-state index in [1.807, 2.05) is 4.90 Å². The third-order valence-corrected chi connectivity index (χ3v) is 3.33. The zero-order valence-electron chi connectivity index (χ0n) is 10.6. The zero-order chi connectivity index (χ0) is 12.3. The van der Waals surface area contributed by atoms with Gasteiger partial charge in [0.2, 0.25) is 0 Å². The quantitative estimate of drug-likeness (QED) is 0.871. The molecule has 0 aliphatic heterocycles. The van der Waals surface area contributed by atoms with Gasteiger partial charge in [0.1, 0.15) is 0 Å². The molecule has 0 saturated heterocycles.